The molecular weight excluding hydrogens is 252 g/mol. The summed E-state index contributed by atoms with van der Waals surface area (Å²) < 4.78 is 0. The molecule has 0 bridgehead atoms. The highest BCUT2D eigenvalue weighted by molar-refractivity contribution is 5.26. The second-order valence-corrected chi connectivity index (χ2v) is 5.82. The van der Waals surface area contributed by atoms with Gasteiger partial charge in [-0.3, -0.25) is 0 Å². The van der Waals surface area contributed by atoms with Crippen molar-refractivity contribution in [2.45, 2.75) is 58.3 Å². The molecule has 0 unspecified atom stereocenters. The predicted molar refractivity (Wildman–Crippen MR) is 91.6 cm³/mol. The molecule has 0 amide bonds. The Morgan fingerprint density at radius 2 is 1.57 bits per heavy atom. The average molecular weight is 279 g/mol. The number of rotatable bonds is 9. The maximum absolute atomic E-state index is 3.45. The Hall–Kier alpha value is -1.56. The molecule has 0 saturated carbocycles. The summed E-state index contributed by atoms with van der Waals surface area (Å²) in [6.45, 7) is 2.26. The van der Waals surface area contributed by atoms with Crippen molar-refractivity contribution in [3.63, 3.8) is 0 Å². The minimum Gasteiger partial charge on any atom is -0.0654 e. The van der Waals surface area contributed by atoms with Gasteiger partial charge in [0, 0.05) is 0 Å². The Morgan fingerprint density at radius 3 is 2.38 bits per heavy atom. The van der Waals surface area contributed by atoms with Gasteiger partial charge in [0.05, 0.1) is 0 Å². The van der Waals surface area contributed by atoms with Crippen LogP contribution in [0.3, 0.4) is 0 Å². The van der Waals surface area contributed by atoms with Crippen LogP contribution in [0.1, 0.15) is 55.7 Å². The molecule has 2 aromatic carbocycles. The molecule has 0 heteroatoms. The topological polar surface area (TPSA) is 0 Å². The minimum absolute atomic E-state index is 1.19. The molecule has 1 radical (unpaired) electrons. The maximum Gasteiger partial charge on any atom is -0.0146 e. The van der Waals surface area contributed by atoms with Crippen LogP contribution in [0, 0.1) is 6.07 Å². The fraction of sp³-hybridized carbons (Fsp3) is 0.429. The number of benzene rings is 2. The van der Waals surface area contributed by atoms with Gasteiger partial charge in [-0.2, -0.15) is 0 Å². The molecule has 2 rings (SSSR count). The van der Waals surface area contributed by atoms with E-state index in [1.54, 1.807) is 0 Å². The van der Waals surface area contributed by atoms with Crippen molar-refractivity contribution in [3.8, 4) is 0 Å². The molecule has 111 valence electrons. The van der Waals surface area contributed by atoms with E-state index in [4.69, 9.17) is 0 Å². The standard InChI is InChI=1S/C21H27/c1-2-3-15-20-17-10-11-18-21(20)16-9-5-8-14-19-12-6-4-7-13-19/h4,6-7,10-13,17H,2-3,5,8-9,14-16H2,1H3. The van der Waals surface area contributed by atoms with Gasteiger partial charge in [-0.05, 0) is 61.3 Å². The van der Waals surface area contributed by atoms with Crippen LogP contribution in [0.5, 0.6) is 0 Å². The van der Waals surface area contributed by atoms with E-state index in [2.05, 4.69) is 61.5 Å². The molecule has 0 nitrogen and oxygen atoms in total. The SMILES string of the molecule is CCCCc1ccc[c]c1CCCCCc1ccccc1. The van der Waals surface area contributed by atoms with Gasteiger partial charge >= 0.3 is 0 Å². The van der Waals surface area contributed by atoms with E-state index in [0.29, 0.717) is 0 Å². The highest BCUT2D eigenvalue weighted by atomic mass is 14.1. The summed E-state index contributed by atoms with van der Waals surface area (Å²) in [4.78, 5) is 0. The number of unbranched alkanes of at least 4 members (excludes halogenated alkanes) is 3. The highest BCUT2D eigenvalue weighted by Gasteiger charge is 2.02. The maximum atomic E-state index is 3.45. The summed E-state index contributed by atoms with van der Waals surface area (Å²) in [5, 5.41) is 0. The fourth-order valence-electron chi connectivity index (χ4n) is 2.79. The second-order valence-electron chi connectivity index (χ2n) is 5.82. The zero-order valence-corrected chi connectivity index (χ0v) is 13.3. The predicted octanol–water partition coefficient (Wildman–Crippen LogP) is 5.78. The van der Waals surface area contributed by atoms with Crippen molar-refractivity contribution < 1.29 is 0 Å². The summed E-state index contributed by atoms with van der Waals surface area (Å²) in [5.74, 6) is 0. The first kappa shape index (κ1) is 15.8. The largest absolute Gasteiger partial charge is 0.0654 e. The number of aryl methyl sites for hydroxylation is 3. The van der Waals surface area contributed by atoms with Crippen LogP contribution in [-0.4, -0.2) is 0 Å². The lowest BCUT2D eigenvalue weighted by Gasteiger charge is -2.08. The van der Waals surface area contributed by atoms with Gasteiger partial charge in [0.25, 0.3) is 0 Å². The molecule has 2 aromatic rings. The first-order valence-electron chi connectivity index (χ1n) is 8.42. The van der Waals surface area contributed by atoms with Crippen molar-refractivity contribution in [1.29, 1.82) is 0 Å². The molecule has 0 fully saturated rings. The number of hydrogen-bond acceptors (Lipinski definition) is 0. The molecule has 0 aliphatic carbocycles. The van der Waals surface area contributed by atoms with Crippen molar-refractivity contribution in [2.24, 2.45) is 0 Å². The molecule has 0 saturated heterocycles. The van der Waals surface area contributed by atoms with Crippen LogP contribution in [0.25, 0.3) is 0 Å². The molecule has 0 aliphatic heterocycles. The summed E-state index contributed by atoms with van der Waals surface area (Å²) >= 11 is 0. The molecule has 0 aromatic heterocycles. The van der Waals surface area contributed by atoms with Crippen LogP contribution in [-0.2, 0) is 19.3 Å². The van der Waals surface area contributed by atoms with E-state index < -0.39 is 0 Å². The minimum atomic E-state index is 1.19. The van der Waals surface area contributed by atoms with Gasteiger partial charge in [-0.15, -0.1) is 0 Å². The monoisotopic (exact) mass is 279 g/mol. The summed E-state index contributed by atoms with van der Waals surface area (Å²) in [6, 6.07) is 20.7. The second kappa shape index (κ2) is 9.39. The lowest BCUT2D eigenvalue weighted by atomic mass is 9.97. The van der Waals surface area contributed by atoms with Crippen LogP contribution in [0.4, 0.5) is 0 Å². The van der Waals surface area contributed by atoms with E-state index in [9.17, 15) is 0 Å². The number of hydrogen-bond donors (Lipinski definition) is 0. The van der Waals surface area contributed by atoms with E-state index in [0.717, 1.165) is 0 Å². The summed E-state index contributed by atoms with van der Waals surface area (Å²) in [7, 11) is 0. The van der Waals surface area contributed by atoms with E-state index >= 15 is 0 Å². The van der Waals surface area contributed by atoms with Crippen LogP contribution in [0.15, 0.2) is 48.5 Å². The first-order chi connectivity index (χ1) is 10.4. The van der Waals surface area contributed by atoms with E-state index in [1.165, 1.54) is 68.1 Å². The third kappa shape index (κ3) is 5.75. The zero-order chi connectivity index (χ0) is 14.8. The highest BCUT2D eigenvalue weighted by Crippen LogP contribution is 2.15. The van der Waals surface area contributed by atoms with Crippen molar-refractivity contribution >= 4 is 0 Å². The molecule has 0 spiro atoms. The Balaban J connectivity index is 1.71. The Kier molecular flexibility index (Phi) is 7.07. The third-order valence-corrected chi connectivity index (χ3v) is 4.07. The van der Waals surface area contributed by atoms with Crippen LogP contribution in [0.2, 0.25) is 0 Å². The lowest BCUT2D eigenvalue weighted by Crippen LogP contribution is -1.95. The van der Waals surface area contributed by atoms with Gasteiger partial charge < -0.3 is 0 Å². The van der Waals surface area contributed by atoms with Crippen molar-refractivity contribution in [2.75, 3.05) is 0 Å². The quantitative estimate of drug-likeness (QED) is 0.510. The van der Waals surface area contributed by atoms with Gasteiger partial charge in [-0.25, -0.2) is 0 Å². The molecule has 0 atom stereocenters. The molecule has 0 heterocycles. The molecular formula is C21H27. The summed E-state index contributed by atoms with van der Waals surface area (Å²) in [5.41, 5.74) is 4.43. The Labute approximate surface area is 130 Å². The average Bonchev–Trinajstić information content (AvgIpc) is 2.54. The Morgan fingerprint density at radius 1 is 0.762 bits per heavy atom. The molecule has 0 aliphatic rings. The van der Waals surface area contributed by atoms with Gasteiger partial charge in [0.2, 0.25) is 0 Å². The van der Waals surface area contributed by atoms with Crippen molar-refractivity contribution in [3.05, 3.63) is 71.3 Å². The lowest BCUT2D eigenvalue weighted by molar-refractivity contribution is 0.673. The molecule has 0 N–H and O–H groups in total. The first-order valence-corrected chi connectivity index (χ1v) is 8.42. The van der Waals surface area contributed by atoms with E-state index in [1.807, 2.05) is 0 Å². The van der Waals surface area contributed by atoms with Gasteiger partial charge in [0.1, 0.15) is 0 Å². The van der Waals surface area contributed by atoms with Crippen LogP contribution >= 0.6 is 0 Å². The zero-order valence-electron chi connectivity index (χ0n) is 13.3. The van der Waals surface area contributed by atoms with Gasteiger partial charge in [-0.1, -0.05) is 68.3 Å². The van der Waals surface area contributed by atoms with Gasteiger partial charge in [0.15, 0.2) is 0 Å². The van der Waals surface area contributed by atoms with E-state index in [-0.39, 0.29) is 0 Å². The van der Waals surface area contributed by atoms with Crippen LogP contribution < -0.4 is 0 Å². The van der Waals surface area contributed by atoms with Crippen molar-refractivity contribution in [1.82, 2.24) is 0 Å². The smallest absolute Gasteiger partial charge is 0.0146 e. The third-order valence-electron chi connectivity index (χ3n) is 4.07. The molecule has 21 heavy (non-hydrogen) atoms. The normalized spacial score (nSPS) is 10.7. The fourth-order valence-corrected chi connectivity index (χ4v) is 2.79. The Bertz CT molecular complexity index is 498. The summed E-state index contributed by atoms with van der Waals surface area (Å²) in [6.07, 6.45) is 10.1.